The number of carbonyl (C=O) groups excluding carboxylic acids is 1. The molecule has 2 N–H and O–H groups in total. The highest BCUT2D eigenvalue weighted by molar-refractivity contribution is 6.33. The van der Waals surface area contributed by atoms with Crippen LogP contribution in [-0.2, 0) is 4.74 Å². The number of anilines is 1. The Morgan fingerprint density at radius 3 is 2.89 bits per heavy atom. The van der Waals surface area contributed by atoms with Crippen LogP contribution in [0.4, 0.5) is 10.5 Å². The Morgan fingerprint density at radius 2 is 2.15 bits per heavy atom. The molecule has 0 bridgehead atoms. The molecule has 3 rings (SSSR count). The molecule has 2 heterocycles. The van der Waals surface area contributed by atoms with E-state index in [1.54, 1.807) is 6.21 Å². The molecule has 0 saturated carbocycles. The predicted octanol–water partition coefficient (Wildman–Crippen LogP) is 1.70. The molecule has 146 valence electrons. The molecule has 0 spiro atoms. The molecule has 1 saturated heterocycles. The minimum absolute atomic E-state index is 0.154. The van der Waals surface area contributed by atoms with Crippen molar-refractivity contribution in [2.75, 3.05) is 51.3 Å². The molecule has 0 unspecified atom stereocenters. The van der Waals surface area contributed by atoms with Gasteiger partial charge in [-0.2, -0.15) is 0 Å². The Hall–Kier alpha value is -2.45. The number of rotatable bonds is 5. The number of aliphatic imine (C=N–C) groups is 2. The second-order valence-corrected chi connectivity index (χ2v) is 6.73. The summed E-state index contributed by atoms with van der Waals surface area (Å²) >= 11 is 0. The van der Waals surface area contributed by atoms with Crippen LogP contribution in [0.25, 0.3) is 0 Å². The molecule has 0 aromatic heterocycles. The zero-order valence-electron chi connectivity index (χ0n) is 15.9. The second-order valence-electron chi connectivity index (χ2n) is 6.73. The van der Waals surface area contributed by atoms with Gasteiger partial charge in [0.1, 0.15) is 18.2 Å². The van der Waals surface area contributed by atoms with E-state index in [0.717, 1.165) is 38.4 Å². The fraction of sp³-hybridized carbons (Fsp3) is 0.526. The van der Waals surface area contributed by atoms with E-state index in [1.165, 1.54) is 0 Å². The summed E-state index contributed by atoms with van der Waals surface area (Å²) < 4.78 is 11.3. The summed E-state index contributed by atoms with van der Waals surface area (Å²) in [5.74, 6) is 1.12. The molecule has 2 aliphatic rings. The normalized spacial score (nSPS) is 20.1. The van der Waals surface area contributed by atoms with Gasteiger partial charge in [0.15, 0.2) is 0 Å². The van der Waals surface area contributed by atoms with Gasteiger partial charge in [0.05, 0.1) is 37.7 Å². The number of nitrogens with zero attached hydrogens (tertiary/aromatic N) is 3. The van der Waals surface area contributed by atoms with Crippen molar-refractivity contribution in [3.05, 3.63) is 23.8 Å². The summed E-state index contributed by atoms with van der Waals surface area (Å²) in [6, 6.07) is 5.53. The number of morpholine rings is 1. The number of nitrogens with one attached hydrogen (secondary N) is 2. The first-order valence-electron chi connectivity index (χ1n) is 9.29. The number of urea groups is 1. The van der Waals surface area contributed by atoms with Gasteiger partial charge in [0, 0.05) is 19.6 Å². The molecule has 27 heavy (non-hydrogen) atoms. The zero-order chi connectivity index (χ0) is 19.1. The van der Waals surface area contributed by atoms with E-state index in [9.17, 15) is 4.79 Å². The fourth-order valence-corrected chi connectivity index (χ4v) is 2.83. The number of ether oxygens (including phenoxy) is 2. The first-order valence-corrected chi connectivity index (χ1v) is 9.29. The van der Waals surface area contributed by atoms with E-state index in [-0.39, 0.29) is 12.1 Å². The molecule has 2 amide bonds. The Balaban J connectivity index is 1.54. The molecule has 1 aromatic rings. The lowest BCUT2D eigenvalue weighted by molar-refractivity contribution is 0.0323. The van der Waals surface area contributed by atoms with Gasteiger partial charge in [-0.05, 0) is 31.5 Å². The lowest BCUT2D eigenvalue weighted by atomic mass is 10.2. The molecule has 8 heteroatoms. The van der Waals surface area contributed by atoms with Crippen molar-refractivity contribution in [3.63, 3.8) is 0 Å². The molecular formula is C19H27N5O3. The highest BCUT2D eigenvalue weighted by Crippen LogP contribution is 2.25. The van der Waals surface area contributed by atoms with Crippen molar-refractivity contribution < 1.29 is 14.3 Å². The number of hydrogen-bond donors (Lipinski definition) is 2. The van der Waals surface area contributed by atoms with Gasteiger partial charge in [-0.1, -0.05) is 6.07 Å². The molecule has 1 fully saturated rings. The third-order valence-corrected chi connectivity index (χ3v) is 4.37. The molecule has 1 aromatic carbocycles. The number of carbonyl (C=O) groups is 1. The van der Waals surface area contributed by atoms with Crippen LogP contribution < -0.4 is 15.4 Å². The monoisotopic (exact) mass is 373 g/mol. The average Bonchev–Trinajstić information content (AvgIpc) is 2.66. The molecule has 0 radical (unpaired) electrons. The van der Waals surface area contributed by atoms with Gasteiger partial charge >= 0.3 is 6.03 Å². The van der Waals surface area contributed by atoms with Gasteiger partial charge in [0.25, 0.3) is 0 Å². The van der Waals surface area contributed by atoms with Gasteiger partial charge < -0.3 is 14.8 Å². The molecular weight excluding hydrogens is 346 g/mol. The average molecular weight is 373 g/mol. The van der Waals surface area contributed by atoms with Crippen molar-refractivity contribution in [2.45, 2.75) is 19.9 Å². The quantitative estimate of drug-likeness (QED) is 0.822. The molecule has 1 atom stereocenters. The van der Waals surface area contributed by atoms with Crippen molar-refractivity contribution in [3.8, 4) is 5.75 Å². The van der Waals surface area contributed by atoms with Gasteiger partial charge in [-0.15, -0.1) is 0 Å². The van der Waals surface area contributed by atoms with Crippen molar-refractivity contribution in [1.29, 1.82) is 0 Å². The highest BCUT2D eigenvalue weighted by Gasteiger charge is 2.13. The SMILES string of the molecule is Cc1ccc(OCCN2CCOCC2)c(NC(=O)NC2=NC[C@@H](C)N=C2)c1. The van der Waals surface area contributed by atoms with Crippen LogP contribution in [0.1, 0.15) is 12.5 Å². The first kappa shape index (κ1) is 19.3. The number of amides is 2. The standard InChI is InChI=1S/C19H27N5O3/c1-14-3-4-17(27-10-7-24-5-8-26-9-6-24)16(11-14)22-19(25)23-18-13-20-15(2)12-21-18/h3-4,11,13,15H,5-10,12H2,1-2H3,(H2,21,22,23,25)/t15-/m1/s1. The Kier molecular flexibility index (Phi) is 6.78. The van der Waals surface area contributed by atoms with E-state index in [2.05, 4.69) is 25.5 Å². The number of hydrogen-bond acceptors (Lipinski definition) is 6. The van der Waals surface area contributed by atoms with Crippen LogP contribution in [0.5, 0.6) is 5.75 Å². The van der Waals surface area contributed by atoms with Crippen LogP contribution >= 0.6 is 0 Å². The first-order chi connectivity index (χ1) is 13.1. The number of aryl methyl sites for hydroxylation is 1. The Morgan fingerprint density at radius 1 is 1.33 bits per heavy atom. The highest BCUT2D eigenvalue weighted by atomic mass is 16.5. The minimum Gasteiger partial charge on any atom is -0.490 e. The summed E-state index contributed by atoms with van der Waals surface area (Å²) in [6.45, 7) is 9.29. The molecule has 2 aliphatic heterocycles. The lowest BCUT2D eigenvalue weighted by Crippen LogP contribution is -2.39. The van der Waals surface area contributed by atoms with Gasteiger partial charge in [-0.3, -0.25) is 20.2 Å². The second kappa shape index (κ2) is 9.48. The number of amidine groups is 1. The zero-order valence-corrected chi connectivity index (χ0v) is 15.9. The molecule has 8 nitrogen and oxygen atoms in total. The summed E-state index contributed by atoms with van der Waals surface area (Å²) in [4.78, 5) is 23.1. The Labute approximate surface area is 159 Å². The van der Waals surface area contributed by atoms with Crippen LogP contribution in [0.15, 0.2) is 28.2 Å². The van der Waals surface area contributed by atoms with Crippen molar-refractivity contribution >= 4 is 23.8 Å². The van der Waals surface area contributed by atoms with Crippen LogP contribution in [-0.4, -0.2) is 75.0 Å². The predicted molar refractivity (Wildman–Crippen MR) is 106 cm³/mol. The summed E-state index contributed by atoms with van der Waals surface area (Å²) in [7, 11) is 0. The van der Waals surface area contributed by atoms with Gasteiger partial charge in [-0.25, -0.2) is 4.79 Å². The van der Waals surface area contributed by atoms with Crippen molar-refractivity contribution in [2.24, 2.45) is 9.98 Å². The van der Waals surface area contributed by atoms with E-state index in [4.69, 9.17) is 9.47 Å². The fourth-order valence-electron chi connectivity index (χ4n) is 2.83. The van der Waals surface area contributed by atoms with Crippen LogP contribution in [0.2, 0.25) is 0 Å². The summed E-state index contributed by atoms with van der Waals surface area (Å²) in [5.41, 5.74) is 1.67. The summed E-state index contributed by atoms with van der Waals surface area (Å²) in [6.07, 6.45) is 1.59. The third kappa shape index (κ3) is 6.04. The maximum Gasteiger partial charge on any atom is 0.324 e. The smallest absolute Gasteiger partial charge is 0.324 e. The maximum atomic E-state index is 12.3. The Bertz CT molecular complexity index is 713. The largest absolute Gasteiger partial charge is 0.490 e. The minimum atomic E-state index is -0.363. The number of benzene rings is 1. The maximum absolute atomic E-state index is 12.3. The van der Waals surface area contributed by atoms with Crippen molar-refractivity contribution in [1.82, 2.24) is 10.2 Å². The van der Waals surface area contributed by atoms with Crippen LogP contribution in [0, 0.1) is 6.92 Å². The van der Waals surface area contributed by atoms with E-state index in [0.29, 0.717) is 30.4 Å². The topological polar surface area (TPSA) is 87.5 Å². The molecule has 0 aliphatic carbocycles. The van der Waals surface area contributed by atoms with E-state index >= 15 is 0 Å². The van der Waals surface area contributed by atoms with E-state index in [1.807, 2.05) is 32.0 Å². The summed E-state index contributed by atoms with van der Waals surface area (Å²) in [5, 5.41) is 5.56. The van der Waals surface area contributed by atoms with E-state index < -0.39 is 0 Å². The lowest BCUT2D eigenvalue weighted by Gasteiger charge is -2.26. The third-order valence-electron chi connectivity index (χ3n) is 4.37. The van der Waals surface area contributed by atoms with Crippen LogP contribution in [0.3, 0.4) is 0 Å². The van der Waals surface area contributed by atoms with Gasteiger partial charge in [0.2, 0.25) is 0 Å².